The van der Waals surface area contributed by atoms with E-state index in [-0.39, 0.29) is 55.6 Å². The summed E-state index contributed by atoms with van der Waals surface area (Å²) in [6, 6.07) is 0. The zero-order chi connectivity index (χ0) is 10.6. The Balaban J connectivity index is -0.000000196. The second-order valence-electron chi connectivity index (χ2n) is 2.80. The number of carbonyl (C=O) groups excluding carboxylic acids is 4. The molecule has 0 unspecified atom stereocenters. The van der Waals surface area contributed by atoms with Gasteiger partial charge in [0.25, 0.3) is 0 Å². The average Bonchev–Trinajstić information content (AvgIpc) is 2.63. The number of carbonyl (C=O) groups is 4. The summed E-state index contributed by atoms with van der Waals surface area (Å²) in [6.45, 7) is 0. The molecule has 2 aliphatic heterocycles. The van der Waals surface area contributed by atoms with Gasteiger partial charge in [0.1, 0.15) is 0 Å². The Morgan fingerprint density at radius 3 is 0.824 bits per heavy atom. The molecule has 92 valence electrons. The maximum atomic E-state index is 10.1. The molecule has 0 aliphatic carbocycles. The van der Waals surface area contributed by atoms with Crippen molar-refractivity contribution in [2.24, 2.45) is 0 Å². The van der Waals surface area contributed by atoms with Crippen molar-refractivity contribution in [3.05, 3.63) is 10.6 Å². The summed E-state index contributed by atoms with van der Waals surface area (Å²) in [5, 5.41) is 6.22. The number of hydrogen-bond donors (Lipinski definition) is 0. The average molecular weight is 324 g/mol. The standard InChI is InChI=1S/2C4H5NO2.Mo.2O/c2*6-3-1-2-4(7)5-3;;;/h2*1-2H2,(H,5,6,7);;;/q;;+6;2*-2/p-2. The van der Waals surface area contributed by atoms with E-state index >= 15 is 0 Å². The summed E-state index contributed by atoms with van der Waals surface area (Å²) >= 11 is 0. The largest absolute Gasteiger partial charge is 6.00 e. The van der Waals surface area contributed by atoms with Gasteiger partial charge in [-0.25, -0.2) is 0 Å². The summed E-state index contributed by atoms with van der Waals surface area (Å²) in [7, 11) is 0. The third-order valence-electron chi connectivity index (χ3n) is 1.60. The first-order valence-electron chi connectivity index (χ1n) is 4.13. The van der Waals surface area contributed by atoms with Gasteiger partial charge in [0.05, 0.1) is 23.6 Å². The van der Waals surface area contributed by atoms with Gasteiger partial charge in [-0.1, -0.05) is 0 Å². The molecule has 17 heavy (non-hydrogen) atoms. The normalized spacial score (nSPS) is 16.5. The minimum Gasteiger partial charge on any atom is -2.00 e. The minimum atomic E-state index is -0.273. The van der Waals surface area contributed by atoms with Gasteiger partial charge in [0.2, 0.25) is 0 Å². The van der Waals surface area contributed by atoms with Crippen molar-refractivity contribution in [3.8, 4) is 0 Å². The van der Waals surface area contributed by atoms with Crippen LogP contribution in [0.15, 0.2) is 0 Å². The van der Waals surface area contributed by atoms with E-state index in [1.165, 1.54) is 0 Å². The van der Waals surface area contributed by atoms with Crippen LogP contribution in [0.25, 0.3) is 10.6 Å². The first kappa shape index (κ1) is 21.2. The van der Waals surface area contributed by atoms with E-state index in [9.17, 15) is 19.2 Å². The van der Waals surface area contributed by atoms with Crippen molar-refractivity contribution in [3.63, 3.8) is 0 Å². The molecule has 2 saturated heterocycles. The van der Waals surface area contributed by atoms with Gasteiger partial charge in [-0.2, -0.15) is 0 Å². The molecule has 0 aromatic carbocycles. The fourth-order valence-corrected chi connectivity index (χ4v) is 0.930. The Labute approximate surface area is 111 Å². The second kappa shape index (κ2) is 10.1. The topological polar surface area (TPSA) is 153 Å². The molecule has 0 saturated carbocycles. The first-order chi connectivity index (χ1) is 6.58. The summed E-state index contributed by atoms with van der Waals surface area (Å²) in [5.74, 6) is -1.09. The maximum absolute atomic E-state index is 10.1. The number of rotatable bonds is 0. The van der Waals surface area contributed by atoms with E-state index in [2.05, 4.69) is 10.6 Å². The molecule has 0 atom stereocenters. The zero-order valence-electron chi connectivity index (χ0n) is 8.58. The van der Waals surface area contributed by atoms with E-state index in [0.717, 1.165) is 0 Å². The van der Waals surface area contributed by atoms with Gasteiger partial charge in [-0.05, 0) is 25.7 Å². The fraction of sp³-hybridized carbons (Fsp3) is 0.500. The summed E-state index contributed by atoms with van der Waals surface area (Å²) in [4.78, 5) is 40.3. The van der Waals surface area contributed by atoms with Gasteiger partial charge >= 0.3 is 21.1 Å². The van der Waals surface area contributed by atoms with E-state index in [4.69, 9.17) is 0 Å². The molecular formula is C8H8MoN2O6. The fourth-order valence-electron chi connectivity index (χ4n) is 0.930. The Kier molecular flexibility index (Phi) is 12.6. The van der Waals surface area contributed by atoms with Gasteiger partial charge < -0.3 is 40.8 Å². The molecule has 2 aliphatic rings. The number of imide groups is 2. The van der Waals surface area contributed by atoms with Crippen LogP contribution in [0.5, 0.6) is 0 Å². The van der Waals surface area contributed by atoms with Gasteiger partial charge in [0.15, 0.2) is 0 Å². The monoisotopic (exact) mass is 326 g/mol. The van der Waals surface area contributed by atoms with Crippen molar-refractivity contribution in [2.75, 3.05) is 0 Å². The van der Waals surface area contributed by atoms with Crippen molar-refractivity contribution in [1.82, 2.24) is 0 Å². The molecule has 4 amide bonds. The molecule has 2 heterocycles. The van der Waals surface area contributed by atoms with Crippen LogP contribution in [0.4, 0.5) is 0 Å². The van der Waals surface area contributed by atoms with Crippen LogP contribution >= 0.6 is 0 Å². The van der Waals surface area contributed by atoms with Crippen molar-refractivity contribution in [1.29, 1.82) is 0 Å². The predicted molar refractivity (Wildman–Crippen MR) is 46.6 cm³/mol. The predicted octanol–water partition coefficient (Wildman–Crippen LogP) is 0.174. The van der Waals surface area contributed by atoms with Crippen LogP contribution < -0.4 is 0 Å². The van der Waals surface area contributed by atoms with Crippen molar-refractivity contribution in [2.45, 2.75) is 25.7 Å². The van der Waals surface area contributed by atoms with Crippen LogP contribution in [0.3, 0.4) is 0 Å². The summed E-state index contributed by atoms with van der Waals surface area (Å²) in [6.07, 6.45) is 1.27. The van der Waals surface area contributed by atoms with Gasteiger partial charge in [-0.15, -0.1) is 0 Å². The van der Waals surface area contributed by atoms with Crippen LogP contribution in [0.1, 0.15) is 25.7 Å². The Bertz CT molecular complexity index is 248. The maximum Gasteiger partial charge on any atom is 6.00 e. The molecule has 0 bridgehead atoms. The number of amides is 4. The SMILES string of the molecule is O=C1CCC(=O)[N-]1.O=C1CCC(=O)[N-]1.[Mo+6].[O-2].[O-2]. The molecule has 8 nitrogen and oxygen atoms in total. The van der Waals surface area contributed by atoms with Crippen molar-refractivity contribution < 1.29 is 51.2 Å². The molecule has 2 rings (SSSR count). The first-order valence-corrected chi connectivity index (χ1v) is 4.13. The van der Waals surface area contributed by atoms with Crippen LogP contribution in [0.2, 0.25) is 0 Å². The molecule has 9 heteroatoms. The number of nitrogens with zero attached hydrogens (tertiary/aromatic N) is 2. The molecule has 0 aromatic heterocycles. The van der Waals surface area contributed by atoms with E-state index in [1.54, 1.807) is 0 Å². The third-order valence-corrected chi connectivity index (χ3v) is 1.60. The molecule has 0 spiro atoms. The quantitative estimate of drug-likeness (QED) is 0.460. The molecule has 2 fully saturated rings. The van der Waals surface area contributed by atoms with E-state index < -0.39 is 0 Å². The van der Waals surface area contributed by atoms with Crippen molar-refractivity contribution >= 4 is 23.6 Å². The molecule has 0 N–H and O–H groups in total. The molecule has 0 aromatic rings. The minimum absolute atomic E-state index is 0. The Morgan fingerprint density at radius 2 is 0.765 bits per heavy atom. The Morgan fingerprint density at radius 1 is 0.588 bits per heavy atom. The molecular weight excluding hydrogens is 316 g/mol. The van der Waals surface area contributed by atoms with Crippen LogP contribution in [-0.4, -0.2) is 23.6 Å². The van der Waals surface area contributed by atoms with Crippen LogP contribution in [-0.2, 0) is 51.2 Å². The zero-order valence-corrected chi connectivity index (χ0v) is 10.6. The third kappa shape index (κ3) is 8.67. The van der Waals surface area contributed by atoms with Gasteiger partial charge in [-0.3, -0.25) is 0 Å². The smallest absolute Gasteiger partial charge is 2.00 e. The van der Waals surface area contributed by atoms with Crippen LogP contribution in [0, 0.1) is 0 Å². The van der Waals surface area contributed by atoms with E-state index in [1.807, 2.05) is 0 Å². The van der Waals surface area contributed by atoms with Gasteiger partial charge in [0, 0.05) is 0 Å². The molecule has 0 radical (unpaired) electrons. The Hall–Kier alpha value is -1.11. The van der Waals surface area contributed by atoms with E-state index in [0.29, 0.717) is 25.7 Å². The summed E-state index contributed by atoms with van der Waals surface area (Å²) < 4.78 is 0. The summed E-state index contributed by atoms with van der Waals surface area (Å²) in [5.41, 5.74) is 0. The second-order valence-corrected chi connectivity index (χ2v) is 2.80. The number of hydrogen-bond acceptors (Lipinski definition) is 4.